The molecule has 4 rings (SSSR count). The molecule has 2 aromatic heterocycles. The van der Waals surface area contributed by atoms with E-state index >= 15 is 0 Å². The number of hydrogen-bond donors (Lipinski definition) is 0. The van der Waals surface area contributed by atoms with Crippen LogP contribution in [0.4, 0.5) is 0 Å². The van der Waals surface area contributed by atoms with Gasteiger partial charge in [0, 0.05) is 52.8 Å². The van der Waals surface area contributed by atoms with Crippen LogP contribution in [0.1, 0.15) is 128 Å². The number of allylic oxidation sites excluding steroid dienone is 1. The summed E-state index contributed by atoms with van der Waals surface area (Å²) >= 11 is 0. The average molecular weight is 825 g/mol. The Kier molecular flexibility index (Phi) is 27.3. The van der Waals surface area contributed by atoms with Crippen molar-refractivity contribution in [2.45, 2.75) is 168 Å². The Labute approximate surface area is 357 Å². The lowest BCUT2D eigenvalue weighted by Crippen LogP contribution is -2.25. The second-order valence-electron chi connectivity index (χ2n) is 17.3. The Hall–Kier alpha value is -3.63. The summed E-state index contributed by atoms with van der Waals surface area (Å²) in [6, 6.07) is 16.1. The van der Waals surface area contributed by atoms with E-state index in [4.69, 9.17) is 9.47 Å². The molecule has 320 valence electrons. The lowest BCUT2D eigenvalue weighted by Gasteiger charge is -2.16. The van der Waals surface area contributed by atoms with Crippen molar-refractivity contribution in [3.05, 3.63) is 97.1 Å². The molecule has 0 aliphatic carbocycles. The predicted octanol–water partition coefficient (Wildman–Crippen LogP) is 14.7. The second kappa shape index (κ2) is 31.3. The van der Waals surface area contributed by atoms with E-state index in [1.165, 1.54) is 89.9 Å². The summed E-state index contributed by atoms with van der Waals surface area (Å²) in [5.41, 5.74) is 5.79. The van der Waals surface area contributed by atoms with Gasteiger partial charge in [-0.2, -0.15) is 0 Å². The van der Waals surface area contributed by atoms with Gasteiger partial charge in [0.15, 0.2) is 11.6 Å². The van der Waals surface area contributed by atoms with Gasteiger partial charge in [-0.05, 0) is 85.8 Å². The van der Waals surface area contributed by atoms with E-state index in [0.29, 0.717) is 0 Å². The van der Waals surface area contributed by atoms with E-state index in [1.807, 2.05) is 86.3 Å². The average Bonchev–Trinajstić information content (AvgIpc) is 3.20. The van der Waals surface area contributed by atoms with E-state index in [0.717, 1.165) is 77.9 Å². The van der Waals surface area contributed by atoms with Gasteiger partial charge in [-0.1, -0.05) is 148 Å². The van der Waals surface area contributed by atoms with Crippen molar-refractivity contribution >= 4 is 16.9 Å². The number of aryl methyl sites for hydroxylation is 1. The van der Waals surface area contributed by atoms with Crippen LogP contribution < -0.4 is 9.47 Å². The Bertz CT molecular complexity index is 1570. The predicted molar refractivity (Wildman–Crippen MR) is 257 cm³/mol. The highest BCUT2D eigenvalue weighted by atomic mass is 28.4. The first-order valence-electron chi connectivity index (χ1n) is 22.7. The maximum Gasteiger partial charge on any atom is 0.159 e. The van der Waals surface area contributed by atoms with Crippen molar-refractivity contribution in [2.24, 2.45) is 0 Å². The van der Waals surface area contributed by atoms with Gasteiger partial charge in [0.25, 0.3) is 0 Å². The SMILES string of the molecule is C=CCc1cnc(-c2ccc(OCCCCCCCCCC)cc2)nc1.CCCCCCCCCCOc1ccc(-c2ncc(C)cn2)cc1.C[SiH](C)C[Si](C)(C)C. The maximum atomic E-state index is 5.84. The molecule has 0 aliphatic heterocycles. The van der Waals surface area contributed by atoms with Gasteiger partial charge < -0.3 is 9.47 Å². The summed E-state index contributed by atoms with van der Waals surface area (Å²) in [5.74, 6) is 3.34. The Balaban J connectivity index is 0.000000338. The highest BCUT2D eigenvalue weighted by Gasteiger charge is 2.14. The maximum absolute atomic E-state index is 5.84. The molecule has 0 radical (unpaired) electrons. The molecular formula is C50H80N4O2Si2. The monoisotopic (exact) mass is 825 g/mol. The topological polar surface area (TPSA) is 70.0 Å². The minimum absolute atomic E-state index is 0.234. The quantitative estimate of drug-likeness (QED) is 0.0357. The van der Waals surface area contributed by atoms with Gasteiger partial charge in [-0.3, -0.25) is 0 Å². The van der Waals surface area contributed by atoms with Gasteiger partial charge >= 0.3 is 0 Å². The van der Waals surface area contributed by atoms with Crippen LogP contribution in [-0.4, -0.2) is 50.0 Å². The third-order valence-electron chi connectivity index (χ3n) is 9.65. The number of aromatic nitrogens is 4. The molecule has 0 aliphatic rings. The third kappa shape index (κ3) is 25.0. The molecule has 0 fully saturated rings. The lowest BCUT2D eigenvalue weighted by atomic mass is 10.1. The first-order chi connectivity index (χ1) is 28.0. The summed E-state index contributed by atoms with van der Waals surface area (Å²) in [6.45, 7) is 24.1. The van der Waals surface area contributed by atoms with Crippen molar-refractivity contribution in [3.8, 4) is 34.3 Å². The second-order valence-corrected chi connectivity index (χ2v) is 26.9. The van der Waals surface area contributed by atoms with Crippen molar-refractivity contribution in [1.29, 1.82) is 0 Å². The molecule has 4 aromatic rings. The molecule has 0 unspecified atom stereocenters. The number of ether oxygens (including phenoxy) is 2. The van der Waals surface area contributed by atoms with Crippen LogP contribution >= 0.6 is 0 Å². The lowest BCUT2D eigenvalue weighted by molar-refractivity contribution is 0.304. The molecule has 0 atom stereocenters. The number of hydrogen-bond acceptors (Lipinski definition) is 6. The molecule has 8 heteroatoms. The van der Waals surface area contributed by atoms with Gasteiger partial charge in [0.2, 0.25) is 0 Å². The smallest absolute Gasteiger partial charge is 0.159 e. The van der Waals surface area contributed by atoms with Crippen LogP contribution in [-0.2, 0) is 6.42 Å². The van der Waals surface area contributed by atoms with Gasteiger partial charge in [0.05, 0.1) is 13.2 Å². The Morgan fingerprint density at radius 3 is 1.24 bits per heavy atom. The first kappa shape index (κ1) is 50.5. The van der Waals surface area contributed by atoms with Gasteiger partial charge in [-0.15, -0.1) is 6.58 Å². The fourth-order valence-electron chi connectivity index (χ4n) is 6.79. The van der Waals surface area contributed by atoms with Crippen molar-refractivity contribution in [2.75, 3.05) is 13.2 Å². The molecule has 0 bridgehead atoms. The summed E-state index contributed by atoms with van der Waals surface area (Å²) < 4.78 is 11.7. The van der Waals surface area contributed by atoms with Crippen LogP contribution in [0.3, 0.4) is 0 Å². The van der Waals surface area contributed by atoms with Gasteiger partial charge in [0.1, 0.15) is 11.5 Å². The summed E-state index contributed by atoms with van der Waals surface area (Å²) in [4.78, 5) is 17.5. The summed E-state index contributed by atoms with van der Waals surface area (Å²) in [7, 11) is -0.892. The number of nitrogens with zero attached hydrogens (tertiary/aromatic N) is 4. The van der Waals surface area contributed by atoms with Crippen LogP contribution in [0.5, 0.6) is 11.5 Å². The van der Waals surface area contributed by atoms with Gasteiger partial charge in [-0.25, -0.2) is 19.9 Å². The molecule has 0 spiro atoms. The van der Waals surface area contributed by atoms with Crippen LogP contribution in [0, 0.1) is 6.92 Å². The summed E-state index contributed by atoms with van der Waals surface area (Å²) in [5, 5.41) is 0. The largest absolute Gasteiger partial charge is 0.494 e. The van der Waals surface area contributed by atoms with Crippen molar-refractivity contribution in [3.63, 3.8) is 0 Å². The Morgan fingerprint density at radius 2 is 0.914 bits per heavy atom. The van der Waals surface area contributed by atoms with E-state index in [-0.39, 0.29) is 8.80 Å². The van der Waals surface area contributed by atoms with E-state index in [1.54, 1.807) is 5.67 Å². The zero-order valence-corrected chi connectivity index (χ0v) is 40.2. The Morgan fingerprint density at radius 1 is 0.552 bits per heavy atom. The molecule has 0 amide bonds. The standard InChI is InChI=1S/C23H32N2O.C21H30N2O.C6H18Si2/c1-3-5-6-7-8-9-10-11-17-26-22-15-13-21(14-16-22)23-24-18-20(12-4-2)19-25-23;1-3-4-5-6-7-8-9-10-15-24-20-13-11-19(12-14-20)21-22-16-18(2)17-23-21;1-7(2)6-8(3,4)5/h4,13-16,18-19H,2-3,5-12,17H2,1H3;11-14,16-17H,3-10,15H2,1-2H3;7H,6H2,1-5H3. The van der Waals surface area contributed by atoms with Crippen LogP contribution in [0.25, 0.3) is 22.8 Å². The van der Waals surface area contributed by atoms with E-state index < -0.39 is 8.07 Å². The zero-order valence-electron chi connectivity index (χ0n) is 38.0. The minimum Gasteiger partial charge on any atom is -0.494 e. The normalized spacial score (nSPS) is 11.0. The first-order valence-corrected chi connectivity index (χ1v) is 29.5. The molecule has 0 saturated heterocycles. The fraction of sp³-hybridized carbons (Fsp3) is 0.560. The highest BCUT2D eigenvalue weighted by Crippen LogP contribution is 2.21. The van der Waals surface area contributed by atoms with Crippen LogP contribution in [0.15, 0.2) is 86.0 Å². The van der Waals surface area contributed by atoms with Crippen molar-refractivity contribution in [1.82, 2.24) is 19.9 Å². The van der Waals surface area contributed by atoms with Crippen LogP contribution in [0.2, 0.25) is 38.4 Å². The molecular weight excluding hydrogens is 745 g/mol. The number of rotatable bonds is 26. The molecule has 6 nitrogen and oxygen atoms in total. The molecule has 58 heavy (non-hydrogen) atoms. The third-order valence-corrected chi connectivity index (χ3v) is 17.8. The molecule has 2 aromatic carbocycles. The van der Waals surface area contributed by atoms with E-state index in [2.05, 4.69) is 73.1 Å². The zero-order chi connectivity index (χ0) is 42.3. The molecule has 0 N–H and O–H groups in total. The fourth-order valence-corrected chi connectivity index (χ4v) is 16.6. The molecule has 0 saturated carbocycles. The summed E-state index contributed by atoms with van der Waals surface area (Å²) in [6.07, 6.45) is 31.2. The number of benzene rings is 2. The van der Waals surface area contributed by atoms with E-state index in [9.17, 15) is 0 Å². The minimum atomic E-state index is -0.659. The van der Waals surface area contributed by atoms with Crippen molar-refractivity contribution < 1.29 is 9.47 Å². The molecule has 2 heterocycles. The highest BCUT2D eigenvalue weighted by molar-refractivity contribution is 6.86. The number of unbranched alkanes of at least 4 members (excludes halogenated alkanes) is 14.